The molecule has 0 aliphatic carbocycles. The summed E-state index contributed by atoms with van der Waals surface area (Å²) in [7, 11) is 1.56. The Hall–Kier alpha value is -3.02. The average Bonchev–Trinajstić information content (AvgIpc) is 2.53. The van der Waals surface area contributed by atoms with E-state index in [0.717, 1.165) is 5.56 Å². The molecule has 0 spiro atoms. The Morgan fingerprint density at radius 3 is 2.41 bits per heavy atom. The number of anilines is 1. The number of hydrogen-bond acceptors (Lipinski definition) is 4. The summed E-state index contributed by atoms with van der Waals surface area (Å²) in [4.78, 5) is 22.7. The van der Waals surface area contributed by atoms with Gasteiger partial charge in [-0.25, -0.2) is 9.59 Å². The van der Waals surface area contributed by atoms with Gasteiger partial charge >= 0.3 is 12.0 Å². The number of para-hydroxylation sites is 1. The molecule has 0 radical (unpaired) electrons. The third kappa shape index (κ3) is 3.99. The fourth-order valence-corrected chi connectivity index (χ4v) is 1.88. The van der Waals surface area contributed by atoms with Crippen LogP contribution < -0.4 is 15.8 Å². The molecular weight excluding hydrogens is 284 g/mol. The summed E-state index contributed by atoms with van der Waals surface area (Å²) in [6.07, 6.45) is 0. The molecule has 3 N–H and O–H groups in total. The lowest BCUT2D eigenvalue weighted by Crippen LogP contribution is -2.19. The summed E-state index contributed by atoms with van der Waals surface area (Å²) in [5, 5.41) is 2.41. The quantitative estimate of drug-likeness (QED) is 0.830. The first-order valence-electron chi connectivity index (χ1n) is 6.55. The zero-order valence-corrected chi connectivity index (χ0v) is 12.0. The van der Waals surface area contributed by atoms with E-state index >= 15 is 0 Å². The fourth-order valence-electron chi connectivity index (χ4n) is 1.88. The molecule has 0 atom stereocenters. The second-order valence-corrected chi connectivity index (χ2v) is 4.45. The van der Waals surface area contributed by atoms with Crippen LogP contribution >= 0.6 is 0 Å². The number of hydrogen-bond donors (Lipinski definition) is 2. The Labute approximate surface area is 127 Å². The molecule has 6 nitrogen and oxygen atoms in total. The number of nitrogens with two attached hydrogens (primary N) is 1. The van der Waals surface area contributed by atoms with Gasteiger partial charge in [0.25, 0.3) is 0 Å². The normalized spacial score (nSPS) is 9.86. The van der Waals surface area contributed by atoms with Gasteiger partial charge in [-0.3, -0.25) is 0 Å². The predicted octanol–water partition coefficient (Wildman–Crippen LogP) is 2.54. The van der Waals surface area contributed by atoms with Crippen LogP contribution in [0, 0.1) is 0 Å². The van der Waals surface area contributed by atoms with Crippen molar-refractivity contribution in [2.75, 3.05) is 12.4 Å². The van der Waals surface area contributed by atoms with Crippen molar-refractivity contribution in [2.45, 2.75) is 6.61 Å². The van der Waals surface area contributed by atoms with Crippen molar-refractivity contribution in [1.29, 1.82) is 0 Å². The van der Waals surface area contributed by atoms with Gasteiger partial charge in [0.2, 0.25) is 0 Å². The standard InChI is InChI=1S/C16H16N2O4/c1-21-14-5-3-2-4-12(14)10-22-15(19)11-6-8-13(9-7-11)18-16(17)20/h2-9H,10H2,1H3,(H3,17,18,20). The van der Waals surface area contributed by atoms with Crippen LogP contribution in [0.4, 0.5) is 10.5 Å². The van der Waals surface area contributed by atoms with Gasteiger partial charge < -0.3 is 20.5 Å². The number of esters is 1. The Balaban J connectivity index is 1.98. The van der Waals surface area contributed by atoms with Crippen molar-refractivity contribution in [3.63, 3.8) is 0 Å². The van der Waals surface area contributed by atoms with Gasteiger partial charge in [-0.2, -0.15) is 0 Å². The van der Waals surface area contributed by atoms with E-state index in [1.54, 1.807) is 37.4 Å². The molecule has 2 amide bonds. The first-order valence-corrected chi connectivity index (χ1v) is 6.55. The summed E-state index contributed by atoms with van der Waals surface area (Å²) in [6, 6.07) is 12.9. The number of benzene rings is 2. The van der Waals surface area contributed by atoms with Crippen molar-refractivity contribution in [1.82, 2.24) is 0 Å². The maximum Gasteiger partial charge on any atom is 0.338 e. The van der Waals surface area contributed by atoms with E-state index in [4.69, 9.17) is 15.2 Å². The van der Waals surface area contributed by atoms with Crippen LogP contribution in [-0.2, 0) is 11.3 Å². The molecule has 2 rings (SSSR count). The van der Waals surface area contributed by atoms with E-state index in [9.17, 15) is 9.59 Å². The van der Waals surface area contributed by atoms with Gasteiger partial charge in [0.1, 0.15) is 12.4 Å². The lowest BCUT2D eigenvalue weighted by atomic mass is 10.2. The maximum atomic E-state index is 12.0. The van der Waals surface area contributed by atoms with Crippen LogP contribution in [-0.4, -0.2) is 19.1 Å². The highest BCUT2D eigenvalue weighted by Gasteiger charge is 2.09. The van der Waals surface area contributed by atoms with E-state index in [1.165, 1.54) is 0 Å². The second kappa shape index (κ2) is 7.12. The van der Waals surface area contributed by atoms with Crippen LogP contribution in [0.25, 0.3) is 0 Å². The number of methoxy groups -OCH3 is 1. The highest BCUT2D eigenvalue weighted by atomic mass is 16.5. The third-order valence-electron chi connectivity index (χ3n) is 2.94. The van der Waals surface area contributed by atoms with Crippen molar-refractivity contribution in [3.8, 4) is 5.75 Å². The van der Waals surface area contributed by atoms with Gasteiger partial charge in [0.05, 0.1) is 12.7 Å². The monoisotopic (exact) mass is 300 g/mol. The van der Waals surface area contributed by atoms with E-state index < -0.39 is 12.0 Å². The summed E-state index contributed by atoms with van der Waals surface area (Å²) in [5.74, 6) is 0.202. The minimum Gasteiger partial charge on any atom is -0.496 e. The highest BCUT2D eigenvalue weighted by Crippen LogP contribution is 2.19. The van der Waals surface area contributed by atoms with Crippen LogP contribution in [0.3, 0.4) is 0 Å². The number of ether oxygens (including phenoxy) is 2. The molecule has 0 heterocycles. The molecule has 0 unspecified atom stereocenters. The van der Waals surface area contributed by atoms with Gasteiger partial charge in [0.15, 0.2) is 0 Å². The number of primary amides is 1. The Morgan fingerprint density at radius 2 is 1.77 bits per heavy atom. The number of rotatable bonds is 5. The Morgan fingerprint density at radius 1 is 1.09 bits per heavy atom. The van der Waals surface area contributed by atoms with E-state index in [1.807, 2.05) is 18.2 Å². The summed E-state index contributed by atoms with van der Waals surface area (Å²) in [5.41, 5.74) is 6.68. The highest BCUT2D eigenvalue weighted by molar-refractivity contribution is 5.91. The number of amides is 2. The van der Waals surface area contributed by atoms with Gasteiger partial charge in [-0.15, -0.1) is 0 Å². The van der Waals surface area contributed by atoms with Gasteiger partial charge in [0, 0.05) is 11.3 Å². The molecule has 22 heavy (non-hydrogen) atoms. The molecule has 0 fully saturated rings. The largest absolute Gasteiger partial charge is 0.496 e. The van der Waals surface area contributed by atoms with Crippen LogP contribution in [0.15, 0.2) is 48.5 Å². The maximum absolute atomic E-state index is 12.0. The topological polar surface area (TPSA) is 90.7 Å². The molecule has 0 saturated heterocycles. The molecular formula is C16H16N2O4. The summed E-state index contributed by atoms with van der Waals surface area (Å²) < 4.78 is 10.4. The number of carbonyl (C=O) groups is 2. The summed E-state index contributed by atoms with van der Waals surface area (Å²) in [6.45, 7) is 0.115. The molecule has 0 aliphatic heterocycles. The van der Waals surface area contributed by atoms with E-state index in [0.29, 0.717) is 17.0 Å². The molecule has 0 saturated carbocycles. The van der Waals surface area contributed by atoms with Gasteiger partial charge in [-0.1, -0.05) is 18.2 Å². The first-order chi connectivity index (χ1) is 10.6. The summed E-state index contributed by atoms with van der Waals surface area (Å²) >= 11 is 0. The number of carbonyl (C=O) groups excluding carboxylic acids is 2. The van der Waals surface area contributed by atoms with Crippen molar-refractivity contribution in [3.05, 3.63) is 59.7 Å². The lowest BCUT2D eigenvalue weighted by Gasteiger charge is -2.09. The molecule has 6 heteroatoms. The predicted molar refractivity (Wildman–Crippen MR) is 81.8 cm³/mol. The van der Waals surface area contributed by atoms with Gasteiger partial charge in [-0.05, 0) is 30.3 Å². The van der Waals surface area contributed by atoms with Crippen molar-refractivity contribution < 1.29 is 19.1 Å². The van der Waals surface area contributed by atoms with E-state index in [2.05, 4.69) is 5.32 Å². The minimum absolute atomic E-state index is 0.115. The average molecular weight is 300 g/mol. The molecule has 2 aromatic rings. The molecule has 0 aliphatic rings. The molecule has 0 bridgehead atoms. The van der Waals surface area contributed by atoms with Crippen molar-refractivity contribution in [2.24, 2.45) is 5.73 Å². The first kappa shape index (κ1) is 15.4. The second-order valence-electron chi connectivity index (χ2n) is 4.45. The van der Waals surface area contributed by atoms with Crippen LogP contribution in [0.5, 0.6) is 5.75 Å². The third-order valence-corrected chi connectivity index (χ3v) is 2.94. The Bertz CT molecular complexity index is 668. The number of nitrogens with one attached hydrogen (secondary N) is 1. The minimum atomic E-state index is -0.661. The van der Waals surface area contributed by atoms with E-state index in [-0.39, 0.29) is 6.61 Å². The zero-order chi connectivity index (χ0) is 15.9. The Kier molecular flexibility index (Phi) is 4.98. The molecule has 2 aromatic carbocycles. The smallest absolute Gasteiger partial charge is 0.338 e. The van der Waals surface area contributed by atoms with Crippen LogP contribution in [0.2, 0.25) is 0 Å². The van der Waals surface area contributed by atoms with Crippen LogP contribution in [0.1, 0.15) is 15.9 Å². The molecule has 114 valence electrons. The fraction of sp³-hybridized carbons (Fsp3) is 0.125. The zero-order valence-electron chi connectivity index (χ0n) is 12.0. The SMILES string of the molecule is COc1ccccc1COC(=O)c1ccc(NC(N)=O)cc1. The molecule has 0 aromatic heterocycles. The lowest BCUT2D eigenvalue weighted by molar-refractivity contribution is 0.0470. The van der Waals surface area contributed by atoms with Crippen molar-refractivity contribution >= 4 is 17.7 Å². The number of urea groups is 1.